The smallest absolute Gasteiger partial charge is 0.309 e. The van der Waals surface area contributed by atoms with Crippen molar-refractivity contribution in [3.63, 3.8) is 0 Å². The number of carbonyl (C=O) groups is 3. The van der Waals surface area contributed by atoms with E-state index in [1.807, 2.05) is 24.3 Å². The summed E-state index contributed by atoms with van der Waals surface area (Å²) in [7, 11) is 1.57. The van der Waals surface area contributed by atoms with Gasteiger partial charge in [0.1, 0.15) is 5.75 Å². The van der Waals surface area contributed by atoms with E-state index in [-0.39, 0.29) is 24.7 Å². The summed E-state index contributed by atoms with van der Waals surface area (Å²) in [5.41, 5.74) is 0.109. The van der Waals surface area contributed by atoms with Crippen LogP contribution in [0.1, 0.15) is 24.8 Å². The number of rotatable bonds is 4. The molecule has 0 unspecified atom stereocenters. The van der Waals surface area contributed by atoms with Gasteiger partial charge in [-0.25, -0.2) is 0 Å². The molecule has 0 bridgehead atoms. The Morgan fingerprint density at radius 2 is 2.00 bits per heavy atom. The highest BCUT2D eigenvalue weighted by Gasteiger charge is 2.51. The molecule has 3 rings (SSSR count). The number of carbonyl (C=O) groups excluding carboxylic acids is 2. The van der Waals surface area contributed by atoms with Gasteiger partial charge in [-0.2, -0.15) is 0 Å². The molecule has 1 aromatic carbocycles. The molecule has 1 atom stereocenters. The molecule has 7 nitrogen and oxygen atoms in total. The first-order chi connectivity index (χ1) is 11.9. The number of hydrogen-bond donors (Lipinski definition) is 2. The first kappa shape index (κ1) is 17.3. The van der Waals surface area contributed by atoms with Crippen molar-refractivity contribution >= 4 is 17.8 Å². The molecular weight excluding hydrogens is 324 g/mol. The Balaban J connectivity index is 1.65. The highest BCUT2D eigenvalue weighted by Crippen LogP contribution is 2.37. The van der Waals surface area contributed by atoms with Gasteiger partial charge in [-0.15, -0.1) is 0 Å². The minimum Gasteiger partial charge on any atom is -0.496 e. The number of likely N-dealkylation sites (tertiary alicyclic amines) is 1. The lowest BCUT2D eigenvalue weighted by Gasteiger charge is -2.41. The summed E-state index contributed by atoms with van der Waals surface area (Å²) >= 11 is 0. The lowest BCUT2D eigenvalue weighted by molar-refractivity contribution is -0.145. The van der Waals surface area contributed by atoms with E-state index >= 15 is 0 Å². The molecule has 2 aliphatic heterocycles. The van der Waals surface area contributed by atoms with E-state index in [0.717, 1.165) is 5.56 Å². The minimum atomic E-state index is -0.952. The number of aliphatic carboxylic acids is 1. The number of hydrogen-bond acceptors (Lipinski definition) is 4. The second-order valence-corrected chi connectivity index (χ2v) is 6.67. The number of carboxylic acids is 1. The number of amides is 2. The second kappa shape index (κ2) is 6.74. The van der Waals surface area contributed by atoms with Gasteiger partial charge in [0.2, 0.25) is 11.8 Å². The van der Waals surface area contributed by atoms with Gasteiger partial charge in [0.15, 0.2) is 0 Å². The number of ether oxygens (including phenoxy) is 1. The molecule has 25 heavy (non-hydrogen) atoms. The Labute approximate surface area is 146 Å². The first-order valence-electron chi connectivity index (χ1n) is 8.39. The number of para-hydroxylation sites is 1. The quantitative estimate of drug-likeness (QED) is 0.841. The van der Waals surface area contributed by atoms with E-state index in [0.29, 0.717) is 31.7 Å². The van der Waals surface area contributed by atoms with Crippen molar-refractivity contribution in [2.24, 2.45) is 5.92 Å². The molecule has 1 spiro atoms. The average Bonchev–Trinajstić information content (AvgIpc) is 2.92. The van der Waals surface area contributed by atoms with Gasteiger partial charge in [0.05, 0.1) is 25.0 Å². The molecule has 2 aliphatic rings. The van der Waals surface area contributed by atoms with E-state index in [2.05, 4.69) is 5.32 Å². The van der Waals surface area contributed by atoms with E-state index in [4.69, 9.17) is 4.74 Å². The maximum Gasteiger partial charge on any atom is 0.309 e. The Morgan fingerprint density at radius 3 is 2.64 bits per heavy atom. The maximum atomic E-state index is 12.6. The van der Waals surface area contributed by atoms with E-state index in [1.54, 1.807) is 12.0 Å². The number of methoxy groups -OCH3 is 1. The van der Waals surface area contributed by atoms with Gasteiger partial charge < -0.3 is 20.1 Å². The fourth-order valence-corrected chi connectivity index (χ4v) is 3.87. The molecule has 2 amide bonds. The molecule has 0 radical (unpaired) electrons. The molecule has 7 heteroatoms. The largest absolute Gasteiger partial charge is 0.496 e. The number of piperidine rings is 1. The summed E-state index contributed by atoms with van der Waals surface area (Å²) in [6.07, 6.45) is 1.19. The van der Waals surface area contributed by atoms with Crippen LogP contribution in [0.25, 0.3) is 0 Å². The predicted octanol–water partition coefficient (Wildman–Crippen LogP) is 0.820. The van der Waals surface area contributed by atoms with Crippen molar-refractivity contribution in [3.05, 3.63) is 29.8 Å². The second-order valence-electron chi connectivity index (χ2n) is 6.67. The monoisotopic (exact) mass is 346 g/mol. The van der Waals surface area contributed by atoms with Crippen LogP contribution in [-0.4, -0.2) is 53.5 Å². The Kier molecular flexibility index (Phi) is 4.65. The fourth-order valence-electron chi connectivity index (χ4n) is 3.87. The summed E-state index contributed by atoms with van der Waals surface area (Å²) in [5.74, 6) is -1.23. The van der Waals surface area contributed by atoms with E-state index < -0.39 is 17.4 Å². The van der Waals surface area contributed by atoms with Crippen LogP contribution in [0.15, 0.2) is 24.3 Å². The Hall–Kier alpha value is -2.57. The zero-order chi connectivity index (χ0) is 18.0. The maximum absolute atomic E-state index is 12.6. The summed E-state index contributed by atoms with van der Waals surface area (Å²) in [6.45, 7) is 0.885. The summed E-state index contributed by atoms with van der Waals surface area (Å²) in [6, 6.07) is 7.40. The molecular formula is C18H22N2O5. The van der Waals surface area contributed by atoms with Crippen LogP contribution in [0.4, 0.5) is 0 Å². The van der Waals surface area contributed by atoms with Gasteiger partial charge in [-0.3, -0.25) is 14.4 Å². The molecule has 2 N–H and O–H groups in total. The fraction of sp³-hybridized carbons (Fsp3) is 0.500. The van der Waals surface area contributed by atoms with Crippen LogP contribution >= 0.6 is 0 Å². The van der Waals surface area contributed by atoms with Crippen LogP contribution in [0, 0.1) is 5.92 Å². The van der Waals surface area contributed by atoms with Crippen LogP contribution < -0.4 is 10.1 Å². The van der Waals surface area contributed by atoms with Gasteiger partial charge in [-0.05, 0) is 18.9 Å². The van der Waals surface area contributed by atoms with Crippen molar-refractivity contribution in [1.82, 2.24) is 10.2 Å². The van der Waals surface area contributed by atoms with Crippen LogP contribution in [0.2, 0.25) is 0 Å². The van der Waals surface area contributed by atoms with E-state index in [1.165, 1.54) is 0 Å². The van der Waals surface area contributed by atoms with Crippen molar-refractivity contribution in [3.8, 4) is 5.75 Å². The third-order valence-corrected chi connectivity index (χ3v) is 5.29. The zero-order valence-corrected chi connectivity index (χ0v) is 14.2. The highest BCUT2D eigenvalue weighted by molar-refractivity contribution is 5.88. The lowest BCUT2D eigenvalue weighted by atomic mass is 9.77. The summed E-state index contributed by atoms with van der Waals surface area (Å²) < 4.78 is 5.28. The lowest BCUT2D eigenvalue weighted by Crippen LogP contribution is -2.56. The normalized spacial score (nSPS) is 21.9. The minimum absolute atomic E-state index is 0.0180. The Morgan fingerprint density at radius 1 is 1.32 bits per heavy atom. The third kappa shape index (κ3) is 3.31. The topological polar surface area (TPSA) is 95.9 Å². The molecule has 134 valence electrons. The molecule has 2 saturated heterocycles. The zero-order valence-electron chi connectivity index (χ0n) is 14.2. The number of nitrogens with zero attached hydrogens (tertiary/aromatic N) is 1. The number of carboxylic acid groups (broad SMARTS) is 1. The van der Waals surface area contributed by atoms with Crippen molar-refractivity contribution < 1.29 is 24.2 Å². The molecule has 0 aromatic heterocycles. The van der Waals surface area contributed by atoms with Gasteiger partial charge in [0.25, 0.3) is 0 Å². The van der Waals surface area contributed by atoms with Crippen molar-refractivity contribution in [2.45, 2.75) is 31.2 Å². The molecule has 2 heterocycles. The summed E-state index contributed by atoms with van der Waals surface area (Å²) in [4.78, 5) is 37.5. The number of nitrogens with one attached hydrogen (secondary N) is 1. The van der Waals surface area contributed by atoms with Gasteiger partial charge >= 0.3 is 5.97 Å². The van der Waals surface area contributed by atoms with Crippen LogP contribution in [-0.2, 0) is 20.8 Å². The van der Waals surface area contributed by atoms with Gasteiger partial charge in [0, 0.05) is 25.1 Å². The Bertz CT molecular complexity index is 694. The van der Waals surface area contributed by atoms with Crippen LogP contribution in [0.3, 0.4) is 0 Å². The van der Waals surface area contributed by atoms with Crippen LogP contribution in [0.5, 0.6) is 5.75 Å². The summed E-state index contributed by atoms with van der Waals surface area (Å²) in [5, 5.41) is 12.2. The van der Waals surface area contributed by atoms with Crippen molar-refractivity contribution in [2.75, 3.05) is 20.2 Å². The van der Waals surface area contributed by atoms with Crippen molar-refractivity contribution in [1.29, 1.82) is 0 Å². The molecule has 2 fully saturated rings. The van der Waals surface area contributed by atoms with Gasteiger partial charge in [-0.1, -0.05) is 18.2 Å². The first-order valence-corrected chi connectivity index (χ1v) is 8.39. The SMILES string of the molecule is COc1ccccc1CC(=O)N1CCC2(CC1)NC(=O)C[C@@H]2C(=O)O. The molecule has 0 aliphatic carbocycles. The highest BCUT2D eigenvalue weighted by atomic mass is 16.5. The standard InChI is InChI=1S/C18H22N2O5/c1-25-14-5-3-2-4-12(14)10-16(22)20-8-6-18(7-9-20)13(17(23)24)11-15(21)19-18/h2-5,13H,6-11H2,1H3,(H,19,21)(H,23,24)/t13-/m1/s1. The predicted molar refractivity (Wildman–Crippen MR) is 89.1 cm³/mol. The average molecular weight is 346 g/mol. The number of benzene rings is 1. The molecule has 0 saturated carbocycles. The third-order valence-electron chi connectivity index (χ3n) is 5.29. The van der Waals surface area contributed by atoms with E-state index in [9.17, 15) is 19.5 Å². The molecule has 1 aromatic rings.